The SMILES string of the molecule is O=C(c1sccc1Br)N1CCCC1c1cccs1. The van der Waals surface area contributed by atoms with Crippen molar-refractivity contribution in [2.45, 2.75) is 18.9 Å². The quantitative estimate of drug-likeness (QED) is 0.784. The average Bonchev–Trinajstić information content (AvgIpc) is 3.09. The predicted octanol–water partition coefficient (Wildman–Crippen LogP) is 4.55. The van der Waals surface area contributed by atoms with Gasteiger partial charge in [-0.05, 0) is 51.7 Å². The van der Waals surface area contributed by atoms with Crippen molar-refractivity contribution in [2.24, 2.45) is 0 Å². The number of halogens is 1. The van der Waals surface area contributed by atoms with Crippen LogP contribution in [0, 0.1) is 0 Å². The highest BCUT2D eigenvalue weighted by Gasteiger charge is 2.32. The number of nitrogens with zero attached hydrogens (tertiary/aromatic N) is 1. The molecule has 0 bridgehead atoms. The molecule has 1 aliphatic rings. The molecule has 2 nitrogen and oxygen atoms in total. The number of likely N-dealkylation sites (tertiary alicyclic amines) is 1. The second-order valence-corrected chi connectivity index (χ2v) is 7.02. The number of hydrogen-bond acceptors (Lipinski definition) is 3. The van der Waals surface area contributed by atoms with Crippen LogP contribution in [0.25, 0.3) is 0 Å². The molecule has 1 amide bonds. The zero-order valence-corrected chi connectivity index (χ0v) is 12.9. The summed E-state index contributed by atoms with van der Waals surface area (Å²) in [6.07, 6.45) is 2.17. The Kier molecular flexibility index (Phi) is 3.54. The van der Waals surface area contributed by atoms with Crippen LogP contribution in [-0.4, -0.2) is 17.4 Å². The highest BCUT2D eigenvalue weighted by Crippen LogP contribution is 2.37. The van der Waals surface area contributed by atoms with Crippen molar-refractivity contribution < 1.29 is 4.79 Å². The van der Waals surface area contributed by atoms with Crippen molar-refractivity contribution in [3.8, 4) is 0 Å². The third-order valence-corrected chi connectivity index (χ3v) is 6.00. The third-order valence-electron chi connectivity index (χ3n) is 3.20. The van der Waals surface area contributed by atoms with Gasteiger partial charge in [0.1, 0.15) is 4.88 Å². The molecule has 1 atom stereocenters. The topological polar surface area (TPSA) is 20.3 Å². The molecule has 18 heavy (non-hydrogen) atoms. The summed E-state index contributed by atoms with van der Waals surface area (Å²) in [7, 11) is 0. The lowest BCUT2D eigenvalue weighted by atomic mass is 10.2. The zero-order valence-electron chi connectivity index (χ0n) is 9.64. The van der Waals surface area contributed by atoms with Gasteiger partial charge < -0.3 is 4.90 Å². The molecule has 0 spiro atoms. The van der Waals surface area contributed by atoms with Gasteiger partial charge in [-0.3, -0.25) is 4.79 Å². The van der Waals surface area contributed by atoms with Crippen molar-refractivity contribution in [1.82, 2.24) is 4.90 Å². The molecule has 0 N–H and O–H groups in total. The summed E-state index contributed by atoms with van der Waals surface area (Å²) in [6, 6.07) is 6.40. The maximum absolute atomic E-state index is 12.5. The van der Waals surface area contributed by atoms with E-state index in [1.165, 1.54) is 16.2 Å². The summed E-state index contributed by atoms with van der Waals surface area (Å²) < 4.78 is 0.911. The Morgan fingerprint density at radius 1 is 1.33 bits per heavy atom. The van der Waals surface area contributed by atoms with Crippen molar-refractivity contribution >= 4 is 44.5 Å². The van der Waals surface area contributed by atoms with Crippen LogP contribution >= 0.6 is 38.6 Å². The normalized spacial score (nSPS) is 19.4. The Balaban J connectivity index is 1.88. The van der Waals surface area contributed by atoms with E-state index in [1.54, 1.807) is 11.3 Å². The van der Waals surface area contributed by atoms with E-state index in [4.69, 9.17) is 0 Å². The fraction of sp³-hybridized carbons (Fsp3) is 0.308. The molecule has 2 aromatic heterocycles. The number of thiophene rings is 2. The summed E-state index contributed by atoms with van der Waals surface area (Å²) in [5.41, 5.74) is 0. The highest BCUT2D eigenvalue weighted by molar-refractivity contribution is 9.10. The maximum atomic E-state index is 12.5. The van der Waals surface area contributed by atoms with E-state index in [1.807, 2.05) is 16.3 Å². The molecule has 3 heterocycles. The number of carbonyl (C=O) groups is 1. The van der Waals surface area contributed by atoms with Crippen LogP contribution in [-0.2, 0) is 0 Å². The minimum absolute atomic E-state index is 0.160. The smallest absolute Gasteiger partial charge is 0.265 e. The molecule has 1 saturated heterocycles. The Labute approximate surface area is 122 Å². The van der Waals surface area contributed by atoms with Crippen LogP contribution in [0.5, 0.6) is 0 Å². The zero-order chi connectivity index (χ0) is 12.5. The summed E-state index contributed by atoms with van der Waals surface area (Å²) in [4.78, 5) is 16.7. The first-order valence-corrected chi connectivity index (χ1v) is 8.40. The average molecular weight is 342 g/mol. The molecule has 94 valence electrons. The van der Waals surface area contributed by atoms with Crippen LogP contribution in [0.15, 0.2) is 33.4 Å². The lowest BCUT2D eigenvalue weighted by Gasteiger charge is -2.23. The molecular formula is C13H12BrNOS2. The van der Waals surface area contributed by atoms with Gasteiger partial charge in [0, 0.05) is 15.9 Å². The molecule has 1 fully saturated rings. The first-order valence-electron chi connectivity index (χ1n) is 5.85. The molecule has 0 radical (unpaired) electrons. The van der Waals surface area contributed by atoms with E-state index >= 15 is 0 Å². The van der Waals surface area contributed by atoms with Crippen molar-refractivity contribution in [2.75, 3.05) is 6.54 Å². The van der Waals surface area contributed by atoms with E-state index in [2.05, 4.69) is 33.4 Å². The van der Waals surface area contributed by atoms with Gasteiger partial charge in [-0.1, -0.05) is 6.07 Å². The lowest BCUT2D eigenvalue weighted by Crippen LogP contribution is -2.29. The summed E-state index contributed by atoms with van der Waals surface area (Å²) in [5.74, 6) is 0.160. The molecule has 3 rings (SSSR count). The Hall–Kier alpha value is -0.650. The van der Waals surface area contributed by atoms with Crippen molar-refractivity contribution in [1.29, 1.82) is 0 Å². The van der Waals surface area contributed by atoms with E-state index in [0.717, 1.165) is 28.7 Å². The summed E-state index contributed by atoms with van der Waals surface area (Å²) >= 11 is 6.70. The van der Waals surface area contributed by atoms with E-state index in [0.29, 0.717) is 0 Å². The minimum atomic E-state index is 0.160. The Morgan fingerprint density at radius 2 is 2.22 bits per heavy atom. The molecule has 2 aromatic rings. The van der Waals surface area contributed by atoms with Gasteiger partial charge in [0.2, 0.25) is 0 Å². The lowest BCUT2D eigenvalue weighted by molar-refractivity contribution is 0.0742. The van der Waals surface area contributed by atoms with Crippen LogP contribution in [0.3, 0.4) is 0 Å². The second-order valence-electron chi connectivity index (χ2n) is 4.27. The largest absolute Gasteiger partial charge is 0.330 e. The van der Waals surface area contributed by atoms with Crippen LogP contribution in [0.1, 0.15) is 33.4 Å². The van der Waals surface area contributed by atoms with Gasteiger partial charge >= 0.3 is 0 Å². The van der Waals surface area contributed by atoms with Crippen LogP contribution in [0.4, 0.5) is 0 Å². The summed E-state index contributed by atoms with van der Waals surface area (Å²) in [6.45, 7) is 0.867. The predicted molar refractivity (Wildman–Crippen MR) is 79.3 cm³/mol. The van der Waals surface area contributed by atoms with E-state index in [-0.39, 0.29) is 11.9 Å². The highest BCUT2D eigenvalue weighted by atomic mass is 79.9. The van der Waals surface area contributed by atoms with Crippen LogP contribution in [0.2, 0.25) is 0 Å². The monoisotopic (exact) mass is 341 g/mol. The van der Waals surface area contributed by atoms with Gasteiger partial charge in [-0.25, -0.2) is 0 Å². The van der Waals surface area contributed by atoms with Gasteiger partial charge in [-0.2, -0.15) is 0 Å². The van der Waals surface area contributed by atoms with Crippen LogP contribution < -0.4 is 0 Å². The second kappa shape index (κ2) is 5.15. The van der Waals surface area contributed by atoms with Crippen molar-refractivity contribution in [3.05, 3.63) is 43.2 Å². The third kappa shape index (κ3) is 2.15. The molecular weight excluding hydrogens is 330 g/mol. The van der Waals surface area contributed by atoms with E-state index in [9.17, 15) is 4.79 Å². The van der Waals surface area contributed by atoms with Gasteiger partial charge in [0.25, 0.3) is 5.91 Å². The number of carbonyl (C=O) groups excluding carboxylic acids is 1. The summed E-state index contributed by atoms with van der Waals surface area (Å²) in [5, 5.41) is 4.03. The number of hydrogen-bond donors (Lipinski definition) is 0. The molecule has 0 aliphatic carbocycles. The van der Waals surface area contributed by atoms with Gasteiger partial charge in [0.05, 0.1) is 6.04 Å². The van der Waals surface area contributed by atoms with Gasteiger partial charge in [0.15, 0.2) is 0 Å². The number of amides is 1. The fourth-order valence-electron chi connectivity index (χ4n) is 2.36. The molecule has 1 aliphatic heterocycles. The van der Waals surface area contributed by atoms with Gasteiger partial charge in [-0.15, -0.1) is 22.7 Å². The van der Waals surface area contributed by atoms with Crippen molar-refractivity contribution in [3.63, 3.8) is 0 Å². The standard InChI is InChI=1S/C13H12BrNOS2/c14-9-5-8-18-12(9)13(16)15-6-1-3-10(15)11-4-2-7-17-11/h2,4-5,7-8,10H,1,3,6H2. The number of rotatable bonds is 2. The molecule has 1 unspecified atom stereocenters. The molecule has 0 aromatic carbocycles. The minimum Gasteiger partial charge on any atom is -0.330 e. The first kappa shape index (κ1) is 12.4. The Morgan fingerprint density at radius 3 is 2.89 bits per heavy atom. The van der Waals surface area contributed by atoms with E-state index < -0.39 is 0 Å². The maximum Gasteiger partial charge on any atom is 0.265 e. The Bertz CT molecular complexity index is 549. The fourth-order valence-corrected chi connectivity index (χ4v) is 4.73. The molecule has 5 heteroatoms. The molecule has 0 saturated carbocycles. The first-order chi connectivity index (χ1) is 8.77.